The number of benzene rings is 4. The molecule has 6 aromatic rings. The summed E-state index contributed by atoms with van der Waals surface area (Å²) in [6.07, 6.45) is 3.16. The summed E-state index contributed by atoms with van der Waals surface area (Å²) in [6.45, 7) is 7.58. The van der Waals surface area contributed by atoms with Gasteiger partial charge in [0.1, 0.15) is 34.9 Å². The second-order valence-electron chi connectivity index (χ2n) is 17.7. The maximum Gasteiger partial charge on any atom is 0.331 e. The van der Waals surface area contributed by atoms with Gasteiger partial charge in [-0.3, -0.25) is 14.2 Å². The van der Waals surface area contributed by atoms with E-state index < -0.39 is 37.1 Å². The Morgan fingerprint density at radius 2 is 0.827 bits per heavy atom. The molecule has 0 saturated heterocycles. The van der Waals surface area contributed by atoms with E-state index in [0.717, 1.165) is 22.3 Å². The molecule has 0 aliphatic rings. The van der Waals surface area contributed by atoms with E-state index in [1.165, 1.54) is 44.3 Å². The number of aromatic nitrogens is 4. The van der Waals surface area contributed by atoms with Gasteiger partial charge in [0.05, 0.1) is 67.0 Å². The topological polar surface area (TPSA) is 229 Å². The molecule has 0 aliphatic carbocycles. The molecule has 408 valence electrons. The molecule has 0 aliphatic heterocycles. The lowest BCUT2D eigenvalue weighted by Crippen LogP contribution is -2.34. The van der Waals surface area contributed by atoms with Gasteiger partial charge >= 0.3 is 11.9 Å². The molecule has 0 saturated carbocycles. The van der Waals surface area contributed by atoms with E-state index in [4.69, 9.17) is 23.7 Å². The number of esters is 2. The number of ether oxygens (including phenoxy) is 7. The van der Waals surface area contributed by atoms with E-state index in [9.17, 15) is 31.5 Å². The number of carbonyl (C=O) groups is 2. The third-order valence-electron chi connectivity index (χ3n) is 11.3. The summed E-state index contributed by atoms with van der Waals surface area (Å²) < 4.78 is 95.5. The highest BCUT2D eigenvalue weighted by molar-refractivity contribution is 9.09. The molecule has 75 heavy (non-hydrogen) atoms. The molecule has 23 heteroatoms. The van der Waals surface area contributed by atoms with Crippen LogP contribution in [0.4, 0.5) is 0 Å². The van der Waals surface area contributed by atoms with Crippen molar-refractivity contribution in [3.8, 4) is 23.0 Å². The first kappa shape index (κ1) is 61.2. The molecule has 0 bridgehead atoms. The number of aliphatic hydroxyl groups is 1. The average molecular weight is 1140 g/mol. The van der Waals surface area contributed by atoms with Gasteiger partial charge in [0.2, 0.25) is 0 Å². The first-order valence-electron chi connectivity index (χ1n) is 23.1. The van der Waals surface area contributed by atoms with Gasteiger partial charge in [0, 0.05) is 38.6 Å². The van der Waals surface area contributed by atoms with Crippen molar-refractivity contribution < 1.29 is 64.7 Å². The first-order valence-corrected chi connectivity index (χ1v) is 27.1. The van der Waals surface area contributed by atoms with Gasteiger partial charge in [0.25, 0.3) is 20.0 Å². The number of alkyl halides is 1. The normalized spacial score (nSPS) is 11.7. The smallest absolute Gasteiger partial charge is 0.331 e. The highest BCUT2D eigenvalue weighted by Crippen LogP contribution is 2.27. The molecule has 0 radical (unpaired) electrons. The van der Waals surface area contributed by atoms with Crippen molar-refractivity contribution in [1.29, 1.82) is 0 Å². The quantitative estimate of drug-likeness (QED) is 0.0486. The van der Waals surface area contributed by atoms with Crippen molar-refractivity contribution in [3.63, 3.8) is 0 Å². The molecule has 4 aromatic carbocycles. The SMILES string of the molecule is COC(=O)CBr.COC(=O)COCC(C)(C)n1ccc(S(=O)(=O)N(Cc2ccc(OC)cc2)Cc2ccc(OC)cc2)n1.COc1ccc(CN(Cc2ccc(OC)cc2)S(=O)(=O)c2ccn(C(C)(C)CO)n2)cc1. The van der Waals surface area contributed by atoms with Gasteiger partial charge in [-0.2, -0.15) is 18.8 Å². The maximum atomic E-state index is 13.8. The Labute approximate surface area is 448 Å². The van der Waals surface area contributed by atoms with Crippen LogP contribution in [0.3, 0.4) is 0 Å². The van der Waals surface area contributed by atoms with Crippen molar-refractivity contribution in [1.82, 2.24) is 28.2 Å². The van der Waals surface area contributed by atoms with E-state index >= 15 is 0 Å². The summed E-state index contributed by atoms with van der Waals surface area (Å²) in [5, 5.41) is 18.4. The molecule has 0 fully saturated rings. The lowest BCUT2D eigenvalue weighted by molar-refractivity contribution is -0.146. The van der Waals surface area contributed by atoms with Crippen molar-refractivity contribution in [2.45, 2.75) is 75.0 Å². The van der Waals surface area contributed by atoms with Crippen molar-refractivity contribution in [2.24, 2.45) is 0 Å². The zero-order valence-electron chi connectivity index (χ0n) is 43.8. The Hall–Kier alpha value is -6.34. The largest absolute Gasteiger partial charge is 0.497 e. The third kappa shape index (κ3) is 17.9. The molecule has 0 atom stereocenters. The van der Waals surface area contributed by atoms with Crippen LogP contribution in [-0.2, 0) is 81.1 Å². The maximum absolute atomic E-state index is 13.8. The van der Waals surface area contributed by atoms with E-state index in [1.807, 2.05) is 62.4 Å². The second-order valence-corrected chi connectivity index (χ2v) is 22.0. The van der Waals surface area contributed by atoms with Crippen LogP contribution < -0.4 is 18.9 Å². The summed E-state index contributed by atoms with van der Waals surface area (Å²) >= 11 is 2.90. The van der Waals surface area contributed by atoms with Gasteiger partial charge in [-0.15, -0.1) is 0 Å². The first-order chi connectivity index (χ1) is 35.6. The molecular formula is C52H67BrN6O14S2. The minimum absolute atomic E-state index is 0.0685. The molecule has 0 unspecified atom stereocenters. The van der Waals surface area contributed by atoms with E-state index in [-0.39, 0.29) is 67.4 Å². The molecule has 1 N–H and O–H groups in total. The minimum atomic E-state index is -3.98. The van der Waals surface area contributed by atoms with Crippen LogP contribution in [0.5, 0.6) is 23.0 Å². The van der Waals surface area contributed by atoms with E-state index in [2.05, 4.69) is 35.6 Å². The van der Waals surface area contributed by atoms with Gasteiger partial charge in [-0.25, -0.2) is 21.6 Å². The fraction of sp³-hybridized carbons (Fsp3) is 0.385. The molecule has 6 rings (SSSR count). The number of halogens is 1. The Bertz CT molecular complexity index is 2830. The predicted molar refractivity (Wildman–Crippen MR) is 284 cm³/mol. The van der Waals surface area contributed by atoms with Crippen molar-refractivity contribution in [2.75, 3.05) is 67.8 Å². The van der Waals surface area contributed by atoms with Gasteiger partial charge in [-0.1, -0.05) is 64.5 Å². The summed E-state index contributed by atoms with van der Waals surface area (Å²) in [7, 11) is 1.05. The number of sulfonamides is 2. The van der Waals surface area contributed by atoms with Gasteiger partial charge in [0.15, 0.2) is 10.1 Å². The van der Waals surface area contributed by atoms with Crippen LogP contribution >= 0.6 is 15.9 Å². The van der Waals surface area contributed by atoms with Gasteiger partial charge < -0.3 is 38.3 Å². The molecule has 0 spiro atoms. The van der Waals surface area contributed by atoms with Crippen LogP contribution in [-0.4, -0.2) is 130 Å². The second kappa shape index (κ2) is 28.5. The molecule has 0 amide bonds. The van der Waals surface area contributed by atoms with Crippen molar-refractivity contribution in [3.05, 3.63) is 144 Å². The lowest BCUT2D eigenvalue weighted by atomic mass is 10.1. The summed E-state index contributed by atoms with van der Waals surface area (Å²) in [6, 6.07) is 31.9. The van der Waals surface area contributed by atoms with Crippen molar-refractivity contribution >= 4 is 47.9 Å². The number of hydrogen-bond donors (Lipinski definition) is 1. The third-order valence-corrected chi connectivity index (χ3v) is 15.1. The van der Waals surface area contributed by atoms with Crippen LogP contribution in [0.2, 0.25) is 0 Å². The zero-order chi connectivity index (χ0) is 55.4. The zero-order valence-corrected chi connectivity index (χ0v) is 47.1. The van der Waals surface area contributed by atoms with Crippen LogP contribution in [0, 0.1) is 0 Å². The van der Waals surface area contributed by atoms with Crippen LogP contribution in [0.25, 0.3) is 0 Å². The van der Waals surface area contributed by atoms with Crippen LogP contribution in [0.1, 0.15) is 49.9 Å². The summed E-state index contributed by atoms with van der Waals surface area (Å²) in [4.78, 5) is 21.3. The fourth-order valence-electron chi connectivity index (χ4n) is 6.65. The fourth-order valence-corrected chi connectivity index (χ4v) is 9.54. The molecular weight excluding hydrogens is 1080 g/mol. The van der Waals surface area contributed by atoms with E-state index in [0.29, 0.717) is 23.0 Å². The molecule has 2 heterocycles. The average Bonchev–Trinajstić information content (AvgIpc) is 4.16. The number of hydrogen-bond acceptors (Lipinski definition) is 16. The molecule has 20 nitrogen and oxygen atoms in total. The Kier molecular flexibility index (Phi) is 23.3. The van der Waals surface area contributed by atoms with Gasteiger partial charge in [-0.05, 0) is 111 Å². The molecule has 2 aromatic heterocycles. The number of nitrogens with zero attached hydrogens (tertiary/aromatic N) is 6. The predicted octanol–water partition coefficient (Wildman–Crippen LogP) is 6.79. The van der Waals surface area contributed by atoms with Crippen LogP contribution in [0.15, 0.2) is 132 Å². The highest BCUT2D eigenvalue weighted by atomic mass is 79.9. The summed E-state index contributed by atoms with van der Waals surface area (Å²) in [5.41, 5.74) is 1.81. The standard InChI is InChI=1S/C26H33N3O7S.C23H29N3O5S.C3H5BrO2/c1-26(2,19-36-18-25(30)35-5)29-15-14-24(27-29)37(31,32)28(16-20-6-10-22(33-3)11-7-20)17-21-8-12-23(34-4)13-9-21;1-23(2,17-27)26-14-13-22(24-26)32(28,29)25(15-18-5-9-20(30-3)10-6-18)16-19-7-11-21(31-4)12-8-19;1-6-3(5)2-4/h6-15H,16-19H2,1-5H3;5-14,27H,15-17H2,1-4H3;2H2,1H3. The number of methoxy groups -OCH3 is 6. The number of rotatable bonds is 24. The summed E-state index contributed by atoms with van der Waals surface area (Å²) in [5.74, 6) is 2.03. The Morgan fingerprint density at radius 1 is 0.520 bits per heavy atom. The van der Waals surface area contributed by atoms with E-state index in [1.54, 1.807) is 103 Å². The number of aliphatic hydroxyl groups excluding tert-OH is 1. The monoisotopic (exact) mass is 1140 g/mol. The minimum Gasteiger partial charge on any atom is -0.497 e. The highest BCUT2D eigenvalue weighted by Gasteiger charge is 2.32. The number of carbonyl (C=O) groups excluding carboxylic acids is 2. The Balaban J connectivity index is 0.000000295. The Morgan fingerprint density at radius 3 is 1.08 bits per heavy atom. The lowest BCUT2D eigenvalue weighted by Gasteiger charge is -2.25.